The van der Waals surface area contributed by atoms with Gasteiger partial charge >= 0.3 is 0 Å². The molecule has 0 aliphatic carbocycles. The molecule has 24 heavy (non-hydrogen) atoms. The molecule has 0 fully saturated rings. The fraction of sp³-hybridized carbons (Fsp3) is 0.188. The second-order valence-corrected chi connectivity index (χ2v) is 7.95. The number of carbonyl (C=O) groups excluding carboxylic acids is 1. The molecule has 2 heterocycles. The predicted octanol–water partition coefficient (Wildman–Crippen LogP) is 4.26. The molecular formula is C16H15BrN4OS2. The van der Waals surface area contributed by atoms with E-state index in [9.17, 15) is 4.79 Å². The molecule has 0 saturated carbocycles. The van der Waals surface area contributed by atoms with Crippen molar-refractivity contribution in [2.45, 2.75) is 18.5 Å². The summed E-state index contributed by atoms with van der Waals surface area (Å²) in [6, 6.07) is 9.79. The highest BCUT2D eigenvalue weighted by Crippen LogP contribution is 2.21. The first kappa shape index (κ1) is 17.2. The summed E-state index contributed by atoms with van der Waals surface area (Å²) in [6.07, 6.45) is 0.732. The number of aromatic nitrogens is 3. The number of aryl methyl sites for hydroxylation is 1. The Labute approximate surface area is 156 Å². The number of thiophene rings is 1. The third-order valence-corrected chi connectivity index (χ3v) is 5.82. The van der Waals surface area contributed by atoms with Gasteiger partial charge in [0.15, 0.2) is 0 Å². The predicted molar refractivity (Wildman–Crippen MR) is 102 cm³/mol. The molecule has 0 aliphatic heterocycles. The molecule has 0 bridgehead atoms. The van der Waals surface area contributed by atoms with E-state index in [2.05, 4.69) is 42.5 Å². The quantitative estimate of drug-likeness (QED) is 0.582. The number of nitrogens with one attached hydrogen (secondary N) is 2. The summed E-state index contributed by atoms with van der Waals surface area (Å²) >= 11 is 6.45. The average molecular weight is 423 g/mol. The summed E-state index contributed by atoms with van der Waals surface area (Å²) in [4.78, 5) is 17.7. The van der Waals surface area contributed by atoms with Crippen LogP contribution in [0.3, 0.4) is 0 Å². The van der Waals surface area contributed by atoms with E-state index in [1.807, 2.05) is 36.6 Å². The Balaban J connectivity index is 1.51. The lowest BCUT2D eigenvalue weighted by Gasteiger charge is -2.06. The molecule has 0 unspecified atom stereocenters. The molecule has 0 saturated heterocycles. The first-order chi connectivity index (χ1) is 11.6. The van der Waals surface area contributed by atoms with E-state index in [0.29, 0.717) is 5.16 Å². The Morgan fingerprint density at radius 2 is 2.29 bits per heavy atom. The van der Waals surface area contributed by atoms with E-state index in [4.69, 9.17) is 0 Å². The number of carbonyl (C=O) groups is 1. The molecule has 0 aliphatic rings. The van der Waals surface area contributed by atoms with Gasteiger partial charge in [-0.3, -0.25) is 9.89 Å². The Bertz CT molecular complexity index is 832. The Hall–Kier alpha value is -1.64. The highest BCUT2D eigenvalue weighted by Gasteiger charge is 2.09. The van der Waals surface area contributed by atoms with Crippen molar-refractivity contribution >= 4 is 50.6 Å². The van der Waals surface area contributed by atoms with Crippen molar-refractivity contribution in [2.24, 2.45) is 0 Å². The molecule has 2 N–H and O–H groups in total. The van der Waals surface area contributed by atoms with Gasteiger partial charge in [0, 0.05) is 21.5 Å². The zero-order chi connectivity index (χ0) is 16.9. The van der Waals surface area contributed by atoms with E-state index in [0.717, 1.165) is 28.0 Å². The summed E-state index contributed by atoms with van der Waals surface area (Å²) in [6.45, 7) is 1.98. The van der Waals surface area contributed by atoms with Gasteiger partial charge in [0.1, 0.15) is 5.82 Å². The number of benzene rings is 1. The standard InChI is InChI=1S/C16H15BrN4OS2/c1-10-7-11(4-5-13(10)17)18-15(22)9-24-16-19-14(20-21-16)8-12-3-2-6-23-12/h2-7H,8-9H2,1H3,(H,18,22)(H,19,20,21). The van der Waals surface area contributed by atoms with Crippen molar-refractivity contribution < 1.29 is 4.79 Å². The van der Waals surface area contributed by atoms with Gasteiger partial charge < -0.3 is 5.32 Å². The Morgan fingerprint density at radius 1 is 1.42 bits per heavy atom. The largest absolute Gasteiger partial charge is 0.325 e. The van der Waals surface area contributed by atoms with Gasteiger partial charge in [-0.2, -0.15) is 0 Å². The van der Waals surface area contributed by atoms with Crippen molar-refractivity contribution in [3.63, 3.8) is 0 Å². The topological polar surface area (TPSA) is 70.7 Å². The van der Waals surface area contributed by atoms with E-state index in [1.165, 1.54) is 16.6 Å². The van der Waals surface area contributed by atoms with Crippen LogP contribution in [0.5, 0.6) is 0 Å². The van der Waals surface area contributed by atoms with Crippen LogP contribution >= 0.6 is 39.0 Å². The molecule has 2 aromatic heterocycles. The number of hydrogen-bond acceptors (Lipinski definition) is 5. The maximum atomic E-state index is 12.0. The number of halogens is 1. The number of hydrogen-bond donors (Lipinski definition) is 2. The van der Waals surface area contributed by atoms with Crippen LogP contribution in [0.15, 0.2) is 45.3 Å². The first-order valence-electron chi connectivity index (χ1n) is 7.22. The van der Waals surface area contributed by atoms with Crippen LogP contribution in [0.4, 0.5) is 5.69 Å². The zero-order valence-electron chi connectivity index (χ0n) is 12.9. The maximum Gasteiger partial charge on any atom is 0.234 e. The van der Waals surface area contributed by atoms with Crippen LogP contribution in [-0.4, -0.2) is 26.8 Å². The number of nitrogens with zero attached hydrogens (tertiary/aromatic N) is 2. The van der Waals surface area contributed by atoms with E-state index in [1.54, 1.807) is 11.3 Å². The third-order valence-electron chi connectivity index (χ3n) is 3.21. The van der Waals surface area contributed by atoms with Gasteiger partial charge in [-0.15, -0.1) is 16.4 Å². The minimum atomic E-state index is -0.0775. The molecule has 3 aromatic rings. The molecule has 5 nitrogen and oxygen atoms in total. The normalized spacial score (nSPS) is 10.8. The lowest BCUT2D eigenvalue weighted by Crippen LogP contribution is -2.14. The molecule has 1 amide bonds. The summed E-state index contributed by atoms with van der Waals surface area (Å²) in [5, 5.41) is 12.6. The zero-order valence-corrected chi connectivity index (χ0v) is 16.1. The molecule has 1 aromatic carbocycles. The highest BCUT2D eigenvalue weighted by atomic mass is 79.9. The van der Waals surface area contributed by atoms with Crippen LogP contribution < -0.4 is 5.32 Å². The van der Waals surface area contributed by atoms with Crippen LogP contribution in [0.1, 0.15) is 16.3 Å². The minimum Gasteiger partial charge on any atom is -0.325 e. The van der Waals surface area contributed by atoms with Gasteiger partial charge in [-0.1, -0.05) is 33.8 Å². The van der Waals surface area contributed by atoms with Crippen molar-refractivity contribution in [3.8, 4) is 0 Å². The number of thioether (sulfide) groups is 1. The van der Waals surface area contributed by atoms with Gasteiger partial charge in [0.05, 0.1) is 5.75 Å². The summed E-state index contributed by atoms with van der Waals surface area (Å²) in [5.74, 6) is 1.00. The Morgan fingerprint density at radius 3 is 3.04 bits per heavy atom. The summed E-state index contributed by atoms with van der Waals surface area (Å²) in [5.41, 5.74) is 1.86. The first-order valence-corrected chi connectivity index (χ1v) is 9.88. The van der Waals surface area contributed by atoms with Crippen molar-refractivity contribution in [1.29, 1.82) is 0 Å². The van der Waals surface area contributed by atoms with Crippen LogP contribution in [0.25, 0.3) is 0 Å². The lowest BCUT2D eigenvalue weighted by molar-refractivity contribution is -0.113. The van der Waals surface area contributed by atoms with Gasteiger partial charge in [-0.05, 0) is 42.1 Å². The fourth-order valence-electron chi connectivity index (χ4n) is 2.05. The molecule has 0 atom stereocenters. The van der Waals surface area contributed by atoms with Gasteiger partial charge in [-0.25, -0.2) is 4.98 Å². The van der Waals surface area contributed by atoms with Gasteiger partial charge in [0.25, 0.3) is 0 Å². The highest BCUT2D eigenvalue weighted by molar-refractivity contribution is 9.10. The van der Waals surface area contributed by atoms with Crippen molar-refractivity contribution in [1.82, 2.24) is 15.2 Å². The fourth-order valence-corrected chi connectivity index (χ4v) is 3.62. The smallest absolute Gasteiger partial charge is 0.234 e. The number of aromatic amines is 1. The van der Waals surface area contributed by atoms with Crippen LogP contribution in [0.2, 0.25) is 0 Å². The second-order valence-electron chi connectivity index (χ2n) is 5.12. The monoisotopic (exact) mass is 422 g/mol. The number of anilines is 1. The average Bonchev–Trinajstić information content (AvgIpc) is 3.21. The number of amides is 1. The molecule has 0 spiro atoms. The number of H-pyrrole nitrogens is 1. The Kier molecular flexibility index (Phi) is 5.70. The van der Waals surface area contributed by atoms with E-state index < -0.39 is 0 Å². The minimum absolute atomic E-state index is 0.0775. The van der Waals surface area contributed by atoms with E-state index >= 15 is 0 Å². The number of rotatable bonds is 6. The summed E-state index contributed by atoms with van der Waals surface area (Å²) in [7, 11) is 0. The van der Waals surface area contributed by atoms with Crippen LogP contribution in [0, 0.1) is 6.92 Å². The molecular weight excluding hydrogens is 408 g/mol. The van der Waals surface area contributed by atoms with Gasteiger partial charge in [0.2, 0.25) is 11.1 Å². The van der Waals surface area contributed by atoms with Crippen molar-refractivity contribution in [3.05, 3.63) is 56.4 Å². The molecule has 0 radical (unpaired) electrons. The molecule has 124 valence electrons. The lowest BCUT2D eigenvalue weighted by atomic mass is 10.2. The molecule has 8 heteroatoms. The second kappa shape index (κ2) is 7.96. The van der Waals surface area contributed by atoms with Crippen LogP contribution in [-0.2, 0) is 11.2 Å². The maximum absolute atomic E-state index is 12.0. The van der Waals surface area contributed by atoms with E-state index in [-0.39, 0.29) is 11.7 Å². The van der Waals surface area contributed by atoms with Crippen molar-refractivity contribution in [2.75, 3.05) is 11.1 Å². The third kappa shape index (κ3) is 4.68. The SMILES string of the molecule is Cc1cc(NC(=O)CSc2n[nH]c(Cc3cccs3)n2)ccc1Br. The molecule has 3 rings (SSSR count). The summed E-state index contributed by atoms with van der Waals surface area (Å²) < 4.78 is 1.02.